The van der Waals surface area contributed by atoms with Crippen molar-refractivity contribution in [1.29, 1.82) is 0 Å². The van der Waals surface area contributed by atoms with Crippen LogP contribution >= 0.6 is 0 Å². The first-order valence-electron chi connectivity index (χ1n) is 7.26. The maximum absolute atomic E-state index is 4.45. The first-order valence-corrected chi connectivity index (χ1v) is 7.26. The lowest BCUT2D eigenvalue weighted by Gasteiger charge is -2.18. The number of rotatable bonds is 7. The van der Waals surface area contributed by atoms with Crippen molar-refractivity contribution < 1.29 is 0 Å². The number of nitrogens with zero attached hydrogens (tertiary/aromatic N) is 5. The van der Waals surface area contributed by atoms with Crippen LogP contribution in [0, 0.1) is 6.92 Å². The molecule has 2 rings (SSSR count). The summed E-state index contributed by atoms with van der Waals surface area (Å²) in [6, 6.07) is 2.36. The molecular formula is C14H24N6. The van der Waals surface area contributed by atoms with Crippen molar-refractivity contribution in [2.45, 2.75) is 46.2 Å². The fourth-order valence-electron chi connectivity index (χ4n) is 2.45. The third-order valence-corrected chi connectivity index (χ3v) is 3.42. The highest BCUT2D eigenvalue weighted by Crippen LogP contribution is 2.18. The average molecular weight is 276 g/mol. The molecule has 1 N–H and O–H groups in total. The summed E-state index contributed by atoms with van der Waals surface area (Å²) in [5, 5.41) is 12.3. The zero-order valence-electron chi connectivity index (χ0n) is 12.8. The molecule has 20 heavy (non-hydrogen) atoms. The Morgan fingerprint density at radius 1 is 1.35 bits per heavy atom. The van der Waals surface area contributed by atoms with Crippen molar-refractivity contribution in [3.63, 3.8) is 0 Å². The Balaban J connectivity index is 2.21. The van der Waals surface area contributed by atoms with E-state index in [0.29, 0.717) is 0 Å². The molecule has 0 aliphatic rings. The predicted octanol–water partition coefficient (Wildman–Crippen LogP) is 1.62. The van der Waals surface area contributed by atoms with Gasteiger partial charge in [-0.3, -0.25) is 9.36 Å². The van der Waals surface area contributed by atoms with Crippen molar-refractivity contribution in [1.82, 2.24) is 29.9 Å². The van der Waals surface area contributed by atoms with Crippen molar-refractivity contribution in [3.05, 3.63) is 29.6 Å². The van der Waals surface area contributed by atoms with Gasteiger partial charge in [-0.2, -0.15) is 10.2 Å². The third kappa shape index (κ3) is 3.25. The van der Waals surface area contributed by atoms with Gasteiger partial charge in [0.1, 0.15) is 12.2 Å². The molecule has 6 nitrogen and oxygen atoms in total. The predicted molar refractivity (Wildman–Crippen MR) is 78.4 cm³/mol. The van der Waals surface area contributed by atoms with Gasteiger partial charge in [0.25, 0.3) is 0 Å². The molecule has 110 valence electrons. The Morgan fingerprint density at radius 3 is 2.75 bits per heavy atom. The van der Waals surface area contributed by atoms with Crippen LogP contribution in [-0.4, -0.2) is 31.1 Å². The molecule has 0 radical (unpaired) electrons. The second-order valence-electron chi connectivity index (χ2n) is 5.04. The second-order valence-corrected chi connectivity index (χ2v) is 5.04. The SMILES string of the molecule is CCCNC(Cc1ncnn1CC)c1cc(C)nn1C. The summed E-state index contributed by atoms with van der Waals surface area (Å²) in [6.07, 6.45) is 3.56. The summed E-state index contributed by atoms with van der Waals surface area (Å²) in [5.41, 5.74) is 2.24. The number of aryl methyl sites for hydroxylation is 3. The highest BCUT2D eigenvalue weighted by molar-refractivity contribution is 5.14. The molecule has 2 aromatic rings. The molecule has 6 heteroatoms. The van der Waals surface area contributed by atoms with Gasteiger partial charge in [-0.15, -0.1) is 0 Å². The molecule has 1 unspecified atom stereocenters. The lowest BCUT2D eigenvalue weighted by Crippen LogP contribution is -2.27. The van der Waals surface area contributed by atoms with Gasteiger partial charge >= 0.3 is 0 Å². The van der Waals surface area contributed by atoms with E-state index < -0.39 is 0 Å². The van der Waals surface area contributed by atoms with E-state index in [2.05, 4.69) is 40.4 Å². The van der Waals surface area contributed by atoms with Crippen LogP contribution in [0.15, 0.2) is 12.4 Å². The number of aromatic nitrogens is 5. The molecule has 0 saturated heterocycles. The Labute approximate surface area is 120 Å². The summed E-state index contributed by atoms with van der Waals surface area (Å²) in [4.78, 5) is 4.38. The van der Waals surface area contributed by atoms with Crippen molar-refractivity contribution in [2.24, 2.45) is 7.05 Å². The molecule has 1 atom stereocenters. The van der Waals surface area contributed by atoms with Crippen molar-refractivity contribution in [3.8, 4) is 0 Å². The topological polar surface area (TPSA) is 60.6 Å². The zero-order valence-corrected chi connectivity index (χ0v) is 12.8. The standard InChI is InChI=1S/C14H24N6/c1-5-7-15-12(13-8-11(3)18-19(13)4)9-14-16-10-17-20(14)6-2/h8,10,12,15H,5-7,9H2,1-4H3. The van der Waals surface area contributed by atoms with Crippen LogP contribution in [0.25, 0.3) is 0 Å². The van der Waals surface area contributed by atoms with Crippen LogP contribution in [0.5, 0.6) is 0 Å². The zero-order chi connectivity index (χ0) is 14.5. The van der Waals surface area contributed by atoms with Gasteiger partial charge < -0.3 is 5.32 Å². The Hall–Kier alpha value is -1.69. The molecule has 0 aromatic carbocycles. The molecule has 0 amide bonds. The van der Waals surface area contributed by atoms with Crippen LogP contribution in [-0.2, 0) is 20.0 Å². The number of hydrogen-bond donors (Lipinski definition) is 1. The van der Waals surface area contributed by atoms with Gasteiger partial charge in [-0.1, -0.05) is 6.92 Å². The van der Waals surface area contributed by atoms with Gasteiger partial charge in [0, 0.05) is 20.0 Å². The highest BCUT2D eigenvalue weighted by Gasteiger charge is 2.18. The Morgan fingerprint density at radius 2 is 2.15 bits per heavy atom. The monoisotopic (exact) mass is 276 g/mol. The van der Waals surface area contributed by atoms with Gasteiger partial charge in [0.15, 0.2) is 0 Å². The molecule has 0 saturated carbocycles. The first kappa shape index (κ1) is 14.7. The minimum atomic E-state index is 0.218. The van der Waals surface area contributed by atoms with E-state index in [0.717, 1.165) is 37.4 Å². The molecule has 0 spiro atoms. The Bertz CT molecular complexity index is 542. The maximum atomic E-state index is 4.45. The van der Waals surface area contributed by atoms with Gasteiger partial charge in [-0.05, 0) is 32.9 Å². The molecule has 0 bridgehead atoms. The van der Waals surface area contributed by atoms with E-state index in [9.17, 15) is 0 Å². The van der Waals surface area contributed by atoms with Gasteiger partial charge in [0.2, 0.25) is 0 Å². The number of nitrogens with one attached hydrogen (secondary N) is 1. The summed E-state index contributed by atoms with van der Waals surface area (Å²) in [5.74, 6) is 1.01. The van der Waals surface area contributed by atoms with Gasteiger partial charge in [-0.25, -0.2) is 4.98 Å². The largest absolute Gasteiger partial charge is 0.308 e. The van der Waals surface area contributed by atoms with E-state index in [1.54, 1.807) is 6.33 Å². The van der Waals surface area contributed by atoms with Gasteiger partial charge in [0.05, 0.1) is 17.4 Å². The van der Waals surface area contributed by atoms with E-state index in [1.165, 1.54) is 5.69 Å². The summed E-state index contributed by atoms with van der Waals surface area (Å²) < 4.78 is 3.90. The van der Waals surface area contributed by atoms with Crippen LogP contribution in [0.3, 0.4) is 0 Å². The summed E-state index contributed by atoms with van der Waals surface area (Å²) >= 11 is 0. The quantitative estimate of drug-likeness (QED) is 0.835. The lowest BCUT2D eigenvalue weighted by atomic mass is 10.1. The first-order chi connectivity index (χ1) is 9.65. The summed E-state index contributed by atoms with van der Waals surface area (Å²) in [7, 11) is 1.99. The van der Waals surface area contributed by atoms with E-state index in [4.69, 9.17) is 0 Å². The van der Waals surface area contributed by atoms with Crippen LogP contribution < -0.4 is 5.32 Å². The second kappa shape index (κ2) is 6.65. The van der Waals surface area contributed by atoms with E-state index in [-0.39, 0.29) is 6.04 Å². The normalized spacial score (nSPS) is 12.8. The summed E-state index contributed by atoms with van der Waals surface area (Å²) in [6.45, 7) is 8.11. The molecule has 0 aliphatic carbocycles. The third-order valence-electron chi connectivity index (χ3n) is 3.42. The minimum absolute atomic E-state index is 0.218. The molecule has 2 aromatic heterocycles. The Kier molecular flexibility index (Phi) is 4.89. The van der Waals surface area contributed by atoms with E-state index in [1.807, 2.05) is 23.3 Å². The molecule has 0 fully saturated rings. The molecular weight excluding hydrogens is 252 g/mol. The average Bonchev–Trinajstić information content (AvgIpc) is 3.00. The fourth-order valence-corrected chi connectivity index (χ4v) is 2.45. The molecule has 2 heterocycles. The van der Waals surface area contributed by atoms with Crippen LogP contribution in [0.2, 0.25) is 0 Å². The minimum Gasteiger partial charge on any atom is -0.308 e. The van der Waals surface area contributed by atoms with Crippen LogP contribution in [0.1, 0.15) is 43.5 Å². The lowest BCUT2D eigenvalue weighted by molar-refractivity contribution is 0.469. The smallest absolute Gasteiger partial charge is 0.138 e. The van der Waals surface area contributed by atoms with Crippen molar-refractivity contribution >= 4 is 0 Å². The molecule has 0 aliphatic heterocycles. The van der Waals surface area contributed by atoms with Crippen molar-refractivity contribution in [2.75, 3.05) is 6.54 Å². The van der Waals surface area contributed by atoms with E-state index >= 15 is 0 Å². The highest BCUT2D eigenvalue weighted by atomic mass is 15.3. The fraction of sp³-hybridized carbons (Fsp3) is 0.643. The van der Waals surface area contributed by atoms with Crippen LogP contribution in [0.4, 0.5) is 0 Å². The maximum Gasteiger partial charge on any atom is 0.138 e. The number of hydrogen-bond acceptors (Lipinski definition) is 4.